The molecule has 0 atom stereocenters. The monoisotopic (exact) mass is 483 g/mol. The highest BCUT2D eigenvalue weighted by molar-refractivity contribution is 6.10. The molecule has 3 heterocycles. The van der Waals surface area contributed by atoms with Gasteiger partial charge >= 0.3 is 6.18 Å². The van der Waals surface area contributed by atoms with Crippen molar-refractivity contribution in [2.45, 2.75) is 37.5 Å². The van der Waals surface area contributed by atoms with Gasteiger partial charge in [0, 0.05) is 25.3 Å². The lowest BCUT2D eigenvalue weighted by atomic mass is 9.75. The third-order valence-corrected chi connectivity index (χ3v) is 6.97. The van der Waals surface area contributed by atoms with Gasteiger partial charge in [-0.3, -0.25) is 14.6 Å². The fourth-order valence-electron chi connectivity index (χ4n) is 5.03. The van der Waals surface area contributed by atoms with Crippen molar-refractivity contribution in [1.82, 2.24) is 9.88 Å². The molecule has 1 aliphatic carbocycles. The topological polar surface area (TPSA) is 72.7 Å². The van der Waals surface area contributed by atoms with Crippen molar-refractivity contribution in [3.63, 3.8) is 0 Å². The number of anilines is 2. The average molecular weight is 483 g/mol. The van der Waals surface area contributed by atoms with Crippen LogP contribution in [-0.4, -0.2) is 47.6 Å². The number of amides is 1. The summed E-state index contributed by atoms with van der Waals surface area (Å²) in [6.07, 6.45) is -1.67. The highest BCUT2D eigenvalue weighted by Crippen LogP contribution is 2.50. The zero-order valence-corrected chi connectivity index (χ0v) is 19.0. The zero-order chi connectivity index (χ0) is 24.8. The van der Waals surface area contributed by atoms with Crippen LogP contribution in [0.1, 0.15) is 36.1 Å². The van der Waals surface area contributed by atoms with Crippen molar-refractivity contribution in [2.24, 2.45) is 0 Å². The van der Waals surface area contributed by atoms with Gasteiger partial charge in [-0.25, -0.2) is 4.98 Å². The van der Waals surface area contributed by atoms with E-state index < -0.39 is 23.0 Å². The number of alkyl halides is 3. The Balaban J connectivity index is 1.46. The summed E-state index contributed by atoms with van der Waals surface area (Å²) in [5.74, 6) is -0.0546. The molecule has 1 aromatic carbocycles. The predicted octanol–water partition coefficient (Wildman–Crippen LogP) is 4.05. The largest absolute Gasteiger partial charge is 0.419 e. The summed E-state index contributed by atoms with van der Waals surface area (Å²) < 4.78 is 46.0. The van der Waals surface area contributed by atoms with E-state index in [-0.39, 0.29) is 17.4 Å². The lowest BCUT2D eigenvalue weighted by Gasteiger charge is -2.43. The molecule has 1 aromatic heterocycles. The van der Waals surface area contributed by atoms with Crippen LogP contribution in [-0.2, 0) is 22.3 Å². The number of hydrogen-bond donors (Lipinski definition) is 0. The second-order valence-electron chi connectivity index (χ2n) is 9.03. The van der Waals surface area contributed by atoms with Crippen LogP contribution in [0.4, 0.5) is 24.5 Å². The Kier molecular flexibility index (Phi) is 5.77. The number of halogens is 3. The molecule has 0 radical (unpaired) electrons. The van der Waals surface area contributed by atoms with E-state index in [1.165, 1.54) is 11.0 Å². The molecular formula is C25H24F3N5O2. The van der Waals surface area contributed by atoms with Gasteiger partial charge in [0.15, 0.2) is 5.69 Å². The van der Waals surface area contributed by atoms with Crippen molar-refractivity contribution in [3.8, 4) is 6.07 Å². The quantitative estimate of drug-likeness (QED) is 0.654. The first-order chi connectivity index (χ1) is 16.7. The molecule has 0 N–H and O–H groups in total. The van der Waals surface area contributed by atoms with Crippen LogP contribution in [0.15, 0.2) is 48.9 Å². The molecular weight excluding hydrogens is 459 g/mol. The Morgan fingerprint density at radius 2 is 1.83 bits per heavy atom. The highest BCUT2D eigenvalue weighted by atomic mass is 19.4. The second-order valence-corrected chi connectivity index (χ2v) is 9.03. The van der Waals surface area contributed by atoms with Gasteiger partial charge in [0.05, 0.1) is 30.7 Å². The molecule has 1 saturated carbocycles. The molecule has 1 spiro atoms. The van der Waals surface area contributed by atoms with Crippen LogP contribution in [0.5, 0.6) is 0 Å². The number of benzene rings is 1. The van der Waals surface area contributed by atoms with Crippen LogP contribution >= 0.6 is 0 Å². The van der Waals surface area contributed by atoms with E-state index >= 15 is 0 Å². The Morgan fingerprint density at radius 3 is 2.40 bits per heavy atom. The van der Waals surface area contributed by atoms with E-state index in [0.29, 0.717) is 26.1 Å². The minimum Gasteiger partial charge on any atom is -0.379 e. The predicted molar refractivity (Wildman–Crippen MR) is 122 cm³/mol. The van der Waals surface area contributed by atoms with Gasteiger partial charge < -0.3 is 9.64 Å². The molecule has 2 aliphatic heterocycles. The summed E-state index contributed by atoms with van der Waals surface area (Å²) in [7, 11) is 0. The SMILES string of the molecule is C=C1N(c2cnc(C#N)c(C(F)(F)F)c2)C(=O)C2(CCC2)N1c1ccc(CN2CCOCC2)cc1. The van der Waals surface area contributed by atoms with Gasteiger partial charge in [-0.2, -0.15) is 18.4 Å². The van der Waals surface area contributed by atoms with Gasteiger partial charge in [0.2, 0.25) is 0 Å². The number of rotatable bonds is 4. The smallest absolute Gasteiger partial charge is 0.379 e. The van der Waals surface area contributed by atoms with Crippen LogP contribution in [0, 0.1) is 11.3 Å². The molecule has 1 amide bonds. The number of hydrogen-bond acceptors (Lipinski definition) is 6. The lowest BCUT2D eigenvalue weighted by molar-refractivity contribution is -0.138. The molecule has 7 nitrogen and oxygen atoms in total. The number of nitrogens with zero attached hydrogens (tertiary/aromatic N) is 5. The molecule has 10 heteroatoms. The fourth-order valence-corrected chi connectivity index (χ4v) is 5.03. The molecule has 0 unspecified atom stereocenters. The standard InChI is InChI=1S/C25H24F3N5O2/c1-17-32(20-13-21(25(26,27)28)22(14-29)30-15-20)23(34)24(7-2-8-24)33(17)19-5-3-18(4-6-19)16-31-9-11-35-12-10-31/h3-6,13,15H,1-2,7-12,16H2. The maximum Gasteiger partial charge on any atom is 0.419 e. The van der Waals surface area contributed by atoms with Crippen LogP contribution < -0.4 is 9.80 Å². The minimum absolute atomic E-state index is 0.0518. The molecule has 5 rings (SSSR count). The number of nitriles is 1. The van der Waals surface area contributed by atoms with Crippen molar-refractivity contribution in [3.05, 3.63) is 65.7 Å². The summed E-state index contributed by atoms with van der Waals surface area (Å²) in [5.41, 5.74) is -0.957. The maximum absolute atomic E-state index is 13.6. The first kappa shape index (κ1) is 23.3. The molecule has 2 saturated heterocycles. The van der Waals surface area contributed by atoms with Crippen molar-refractivity contribution < 1.29 is 22.7 Å². The highest BCUT2D eigenvalue weighted by Gasteiger charge is 2.59. The third kappa shape index (κ3) is 3.94. The Bertz CT molecular complexity index is 1200. The molecule has 2 aromatic rings. The summed E-state index contributed by atoms with van der Waals surface area (Å²) in [4.78, 5) is 22.6. The summed E-state index contributed by atoms with van der Waals surface area (Å²) in [5, 5.41) is 9.06. The van der Waals surface area contributed by atoms with Crippen molar-refractivity contribution in [2.75, 3.05) is 36.1 Å². The zero-order valence-electron chi connectivity index (χ0n) is 19.0. The first-order valence-corrected chi connectivity index (χ1v) is 11.4. The normalized spacial score (nSPS) is 20.3. The summed E-state index contributed by atoms with van der Waals surface area (Å²) >= 11 is 0. The first-order valence-electron chi connectivity index (χ1n) is 11.4. The van der Waals surface area contributed by atoms with Crippen LogP contribution in [0.2, 0.25) is 0 Å². The van der Waals surface area contributed by atoms with E-state index in [9.17, 15) is 18.0 Å². The Morgan fingerprint density at radius 1 is 1.14 bits per heavy atom. The summed E-state index contributed by atoms with van der Waals surface area (Å²) in [6.45, 7) is 8.04. The average Bonchev–Trinajstić information content (AvgIpc) is 3.06. The minimum atomic E-state index is -4.78. The second kappa shape index (κ2) is 8.66. The maximum atomic E-state index is 13.6. The molecule has 3 fully saturated rings. The molecule has 3 aliphatic rings. The number of carbonyl (C=O) groups is 1. The van der Waals surface area contributed by atoms with E-state index in [1.54, 1.807) is 0 Å². The van der Waals surface area contributed by atoms with E-state index in [1.807, 2.05) is 29.2 Å². The number of morpholine rings is 1. The number of pyridine rings is 1. The third-order valence-electron chi connectivity index (χ3n) is 6.97. The van der Waals surface area contributed by atoms with Gasteiger partial charge in [0.25, 0.3) is 5.91 Å². The van der Waals surface area contributed by atoms with Crippen LogP contribution in [0.3, 0.4) is 0 Å². The fraction of sp³-hybridized carbons (Fsp3) is 0.400. The van der Waals surface area contributed by atoms with Gasteiger partial charge in [-0.05, 0) is 43.0 Å². The lowest BCUT2D eigenvalue weighted by Crippen LogP contribution is -2.54. The summed E-state index contributed by atoms with van der Waals surface area (Å²) in [6, 6.07) is 10.1. The van der Waals surface area contributed by atoms with E-state index in [0.717, 1.165) is 49.6 Å². The van der Waals surface area contributed by atoms with E-state index in [4.69, 9.17) is 10.00 Å². The molecule has 182 valence electrons. The van der Waals surface area contributed by atoms with Crippen molar-refractivity contribution >= 4 is 17.3 Å². The van der Waals surface area contributed by atoms with Crippen LogP contribution in [0.25, 0.3) is 0 Å². The van der Waals surface area contributed by atoms with Gasteiger partial charge in [-0.1, -0.05) is 18.7 Å². The Labute approximate surface area is 201 Å². The van der Waals surface area contributed by atoms with E-state index in [2.05, 4.69) is 16.5 Å². The Hall–Kier alpha value is -3.42. The molecule has 0 bridgehead atoms. The number of aromatic nitrogens is 1. The number of ether oxygens (including phenoxy) is 1. The van der Waals surface area contributed by atoms with Gasteiger partial charge in [0.1, 0.15) is 17.4 Å². The molecule has 35 heavy (non-hydrogen) atoms. The number of carbonyl (C=O) groups excluding carboxylic acids is 1. The van der Waals surface area contributed by atoms with Crippen molar-refractivity contribution in [1.29, 1.82) is 5.26 Å². The van der Waals surface area contributed by atoms with Gasteiger partial charge in [-0.15, -0.1) is 0 Å².